The Bertz CT molecular complexity index is 691. The molecular formula is C17H19F2N3S. The highest BCUT2D eigenvalue weighted by molar-refractivity contribution is 7.15. The van der Waals surface area contributed by atoms with Gasteiger partial charge in [-0.2, -0.15) is 0 Å². The van der Waals surface area contributed by atoms with E-state index >= 15 is 0 Å². The third-order valence-corrected chi connectivity index (χ3v) is 5.90. The van der Waals surface area contributed by atoms with E-state index in [0.29, 0.717) is 11.8 Å². The van der Waals surface area contributed by atoms with E-state index in [9.17, 15) is 8.78 Å². The molecule has 0 N–H and O–H groups in total. The van der Waals surface area contributed by atoms with E-state index in [4.69, 9.17) is 0 Å². The van der Waals surface area contributed by atoms with E-state index in [1.165, 1.54) is 30.0 Å². The summed E-state index contributed by atoms with van der Waals surface area (Å²) in [5.74, 6) is -0.341. The average Bonchev–Trinajstić information content (AvgIpc) is 3.29. The Morgan fingerprint density at radius 3 is 2.52 bits per heavy atom. The lowest BCUT2D eigenvalue weighted by Crippen LogP contribution is -2.34. The van der Waals surface area contributed by atoms with E-state index in [-0.39, 0.29) is 0 Å². The maximum absolute atomic E-state index is 13.3. The number of rotatable bonds is 4. The molecule has 2 heterocycles. The first kappa shape index (κ1) is 15.0. The van der Waals surface area contributed by atoms with Gasteiger partial charge in [0.2, 0.25) is 5.13 Å². The molecule has 122 valence electrons. The quantitative estimate of drug-likeness (QED) is 0.840. The van der Waals surface area contributed by atoms with Gasteiger partial charge < -0.3 is 4.90 Å². The molecule has 1 aliphatic carbocycles. The summed E-state index contributed by atoms with van der Waals surface area (Å²) in [5, 5.41) is 10.9. The molecule has 0 radical (unpaired) electrons. The first-order valence-electron chi connectivity index (χ1n) is 8.21. The smallest absolute Gasteiger partial charge is 0.208 e. The van der Waals surface area contributed by atoms with Gasteiger partial charge in [0.1, 0.15) is 5.01 Å². The van der Waals surface area contributed by atoms with Crippen LogP contribution in [-0.4, -0.2) is 23.3 Å². The molecule has 0 bridgehead atoms. The average molecular weight is 335 g/mol. The van der Waals surface area contributed by atoms with E-state index in [1.807, 2.05) is 0 Å². The first-order valence-corrected chi connectivity index (χ1v) is 9.03. The normalized spacial score (nSPS) is 19.3. The fourth-order valence-electron chi connectivity index (χ4n) is 3.18. The number of anilines is 1. The van der Waals surface area contributed by atoms with Gasteiger partial charge in [0.05, 0.1) is 0 Å². The lowest BCUT2D eigenvalue weighted by atomic mass is 9.90. The van der Waals surface area contributed by atoms with Gasteiger partial charge >= 0.3 is 0 Å². The number of nitrogens with zero attached hydrogens (tertiary/aromatic N) is 3. The first-order chi connectivity index (χ1) is 11.2. The monoisotopic (exact) mass is 335 g/mol. The third-order valence-electron chi connectivity index (χ3n) is 4.75. The molecule has 1 aromatic heterocycles. The highest BCUT2D eigenvalue weighted by atomic mass is 32.1. The lowest BCUT2D eigenvalue weighted by molar-refractivity contribution is 0.401. The molecule has 1 saturated heterocycles. The topological polar surface area (TPSA) is 29.0 Å². The van der Waals surface area contributed by atoms with Crippen molar-refractivity contribution in [3.8, 4) is 0 Å². The van der Waals surface area contributed by atoms with E-state index in [0.717, 1.165) is 43.0 Å². The molecule has 6 heteroatoms. The molecule has 1 aromatic carbocycles. The van der Waals surface area contributed by atoms with Crippen LogP contribution in [0.15, 0.2) is 18.2 Å². The minimum Gasteiger partial charge on any atom is -0.347 e. The SMILES string of the molecule is Fc1ccc(CC2CCN(c3nnc(C4CC4)s3)CC2)cc1F. The van der Waals surface area contributed by atoms with Crippen molar-refractivity contribution in [2.75, 3.05) is 18.0 Å². The van der Waals surface area contributed by atoms with Crippen LogP contribution in [0.25, 0.3) is 0 Å². The molecule has 0 amide bonds. The van der Waals surface area contributed by atoms with Crippen LogP contribution in [0.5, 0.6) is 0 Å². The zero-order chi connectivity index (χ0) is 15.8. The Hall–Kier alpha value is -1.56. The molecular weight excluding hydrogens is 316 g/mol. The molecule has 2 fully saturated rings. The minimum absolute atomic E-state index is 0.520. The van der Waals surface area contributed by atoms with Gasteiger partial charge in [0.25, 0.3) is 0 Å². The second-order valence-corrected chi connectivity index (χ2v) is 7.57. The van der Waals surface area contributed by atoms with Crippen LogP contribution in [0.3, 0.4) is 0 Å². The van der Waals surface area contributed by atoms with E-state index in [1.54, 1.807) is 17.4 Å². The predicted molar refractivity (Wildman–Crippen MR) is 86.9 cm³/mol. The Kier molecular flexibility index (Phi) is 4.01. The van der Waals surface area contributed by atoms with Crippen molar-refractivity contribution in [2.45, 2.75) is 38.0 Å². The van der Waals surface area contributed by atoms with Gasteiger partial charge in [-0.25, -0.2) is 8.78 Å². The Labute approximate surface area is 138 Å². The molecule has 0 atom stereocenters. The highest BCUT2D eigenvalue weighted by Gasteiger charge is 2.29. The summed E-state index contributed by atoms with van der Waals surface area (Å²) in [4.78, 5) is 2.31. The maximum atomic E-state index is 13.3. The molecule has 2 aliphatic rings. The van der Waals surface area contributed by atoms with Gasteiger partial charge in [-0.1, -0.05) is 17.4 Å². The van der Waals surface area contributed by atoms with Gasteiger partial charge in [-0.15, -0.1) is 10.2 Å². The highest BCUT2D eigenvalue weighted by Crippen LogP contribution is 2.43. The molecule has 23 heavy (non-hydrogen) atoms. The fourth-order valence-corrected chi connectivity index (χ4v) is 4.24. The largest absolute Gasteiger partial charge is 0.347 e. The molecule has 4 rings (SSSR count). The van der Waals surface area contributed by atoms with Crippen molar-refractivity contribution >= 4 is 16.5 Å². The van der Waals surface area contributed by atoms with Crippen LogP contribution in [0.1, 0.15) is 42.2 Å². The lowest BCUT2D eigenvalue weighted by Gasteiger charge is -2.31. The molecule has 1 saturated carbocycles. The molecule has 1 aliphatic heterocycles. The number of hydrogen-bond donors (Lipinski definition) is 0. The summed E-state index contributed by atoms with van der Waals surface area (Å²) in [6.45, 7) is 1.93. The van der Waals surface area contributed by atoms with Crippen molar-refractivity contribution < 1.29 is 8.78 Å². The number of benzene rings is 1. The van der Waals surface area contributed by atoms with Crippen LogP contribution < -0.4 is 4.90 Å². The van der Waals surface area contributed by atoms with Crippen molar-refractivity contribution in [1.29, 1.82) is 0 Å². The van der Waals surface area contributed by atoms with Crippen molar-refractivity contribution in [2.24, 2.45) is 5.92 Å². The number of piperidine rings is 1. The zero-order valence-electron chi connectivity index (χ0n) is 12.8. The maximum Gasteiger partial charge on any atom is 0.208 e. The Balaban J connectivity index is 1.33. The second-order valence-electron chi connectivity index (χ2n) is 6.58. The summed E-state index contributed by atoms with van der Waals surface area (Å²) in [7, 11) is 0. The summed E-state index contributed by atoms with van der Waals surface area (Å²) < 4.78 is 26.3. The summed E-state index contributed by atoms with van der Waals surface area (Å²) in [6, 6.07) is 4.24. The van der Waals surface area contributed by atoms with Crippen LogP contribution in [0, 0.1) is 17.6 Å². The second kappa shape index (κ2) is 6.15. The minimum atomic E-state index is -0.772. The third kappa shape index (κ3) is 3.37. The van der Waals surface area contributed by atoms with Crippen molar-refractivity contribution in [3.63, 3.8) is 0 Å². The predicted octanol–water partition coefficient (Wildman–Crippen LogP) is 4.15. The molecule has 3 nitrogen and oxygen atoms in total. The van der Waals surface area contributed by atoms with E-state index in [2.05, 4.69) is 15.1 Å². The Morgan fingerprint density at radius 2 is 1.83 bits per heavy atom. The van der Waals surface area contributed by atoms with Gasteiger partial charge in [-0.3, -0.25) is 0 Å². The van der Waals surface area contributed by atoms with Gasteiger partial charge in [-0.05, 0) is 55.7 Å². The summed E-state index contributed by atoms with van der Waals surface area (Å²) >= 11 is 1.73. The number of aromatic nitrogens is 2. The Morgan fingerprint density at radius 1 is 1.04 bits per heavy atom. The number of halogens is 2. The summed E-state index contributed by atoms with van der Waals surface area (Å²) in [6.07, 6.45) is 5.43. The van der Waals surface area contributed by atoms with Gasteiger partial charge in [0, 0.05) is 19.0 Å². The van der Waals surface area contributed by atoms with Crippen LogP contribution in [0.2, 0.25) is 0 Å². The number of hydrogen-bond acceptors (Lipinski definition) is 4. The van der Waals surface area contributed by atoms with Crippen LogP contribution in [-0.2, 0) is 6.42 Å². The zero-order valence-corrected chi connectivity index (χ0v) is 13.7. The van der Waals surface area contributed by atoms with Crippen LogP contribution in [0.4, 0.5) is 13.9 Å². The summed E-state index contributed by atoms with van der Waals surface area (Å²) in [5.41, 5.74) is 0.884. The fraction of sp³-hybridized carbons (Fsp3) is 0.529. The van der Waals surface area contributed by atoms with Crippen LogP contribution >= 0.6 is 11.3 Å². The van der Waals surface area contributed by atoms with Crippen molar-refractivity contribution in [3.05, 3.63) is 40.4 Å². The molecule has 0 unspecified atom stereocenters. The van der Waals surface area contributed by atoms with Crippen molar-refractivity contribution in [1.82, 2.24) is 10.2 Å². The van der Waals surface area contributed by atoms with Gasteiger partial charge in [0.15, 0.2) is 11.6 Å². The molecule has 0 spiro atoms. The molecule has 2 aromatic rings. The standard InChI is InChI=1S/C17H19F2N3S/c18-14-4-1-12(10-15(14)19)9-11-5-7-22(8-6-11)17-21-20-16(23-17)13-2-3-13/h1,4,10-11,13H,2-3,5-9H2. The van der Waals surface area contributed by atoms with E-state index < -0.39 is 11.6 Å².